The highest BCUT2D eigenvalue weighted by Crippen LogP contribution is 2.17. The van der Waals surface area contributed by atoms with Gasteiger partial charge in [0.25, 0.3) is 0 Å². The summed E-state index contributed by atoms with van der Waals surface area (Å²) in [7, 11) is 0. The molecule has 0 aliphatic heterocycles. The van der Waals surface area contributed by atoms with E-state index in [2.05, 4.69) is 67.3 Å². The van der Waals surface area contributed by atoms with E-state index in [1.165, 1.54) is 31.3 Å². The van der Waals surface area contributed by atoms with Crippen molar-refractivity contribution in [3.8, 4) is 0 Å². The minimum absolute atomic E-state index is 0.0376. The molecule has 0 unspecified atom stereocenters. The molecule has 172 valence electrons. The molecule has 0 spiro atoms. The summed E-state index contributed by atoms with van der Waals surface area (Å²) in [5, 5.41) is 3.51. The second kappa shape index (κ2) is 20.1. The molecule has 0 aliphatic carbocycles. The van der Waals surface area contributed by atoms with E-state index in [9.17, 15) is 4.79 Å². The van der Waals surface area contributed by atoms with Gasteiger partial charge in [-0.25, -0.2) is 0 Å². The fourth-order valence-corrected chi connectivity index (χ4v) is 2.69. The SMILES string of the molecule is C=C/C(C)=C(\C=C(\C)CCC)C(=O)C(C)C.CCC.CCCNC(C)(C)CCC. The lowest BCUT2D eigenvalue weighted by molar-refractivity contribution is -0.118. The highest BCUT2D eigenvalue weighted by atomic mass is 16.1. The van der Waals surface area contributed by atoms with E-state index in [4.69, 9.17) is 0 Å². The number of nitrogens with one attached hydrogen (secondary N) is 1. The number of rotatable bonds is 11. The zero-order chi connectivity index (χ0) is 23.5. The van der Waals surface area contributed by atoms with Gasteiger partial charge in [-0.3, -0.25) is 4.79 Å². The van der Waals surface area contributed by atoms with Crippen LogP contribution in [0.3, 0.4) is 0 Å². The molecular weight excluding hydrogens is 354 g/mol. The van der Waals surface area contributed by atoms with Crippen molar-refractivity contribution in [2.45, 2.75) is 120 Å². The van der Waals surface area contributed by atoms with Crippen molar-refractivity contribution in [3.63, 3.8) is 0 Å². The second-order valence-corrected chi connectivity index (χ2v) is 8.83. The Balaban J connectivity index is -0.000000443. The number of ketones is 1. The van der Waals surface area contributed by atoms with E-state index in [-0.39, 0.29) is 11.7 Å². The van der Waals surface area contributed by atoms with Crippen LogP contribution in [-0.4, -0.2) is 17.9 Å². The Morgan fingerprint density at radius 3 is 1.86 bits per heavy atom. The molecule has 0 amide bonds. The van der Waals surface area contributed by atoms with Gasteiger partial charge in [-0.1, -0.05) is 92.0 Å². The van der Waals surface area contributed by atoms with Gasteiger partial charge in [-0.15, -0.1) is 0 Å². The van der Waals surface area contributed by atoms with Crippen LogP contribution in [0.15, 0.2) is 35.5 Å². The molecular formula is C27H53NO. The predicted molar refractivity (Wildman–Crippen MR) is 135 cm³/mol. The summed E-state index contributed by atoms with van der Waals surface area (Å²) in [5.74, 6) is 0.239. The standard InChI is InChI=1S/C15H24O.C9H21N.C3H8/c1-7-9-12(5)10-14(13(6)8-2)15(16)11(3)4;1-5-7-9(3,4)10-8-6-2;1-3-2/h8,10-11H,2,7,9H2,1,3-6H3;10H,5-8H2,1-4H3;3H2,1-2H3/b12-10-,14-13+;;. The summed E-state index contributed by atoms with van der Waals surface area (Å²) < 4.78 is 0. The van der Waals surface area contributed by atoms with E-state index < -0.39 is 0 Å². The zero-order valence-electron chi connectivity index (χ0n) is 21.8. The van der Waals surface area contributed by atoms with E-state index in [0.717, 1.165) is 30.5 Å². The minimum atomic E-state index is 0.0376. The molecule has 1 N–H and O–H groups in total. The van der Waals surface area contributed by atoms with Crippen molar-refractivity contribution in [2.75, 3.05) is 6.54 Å². The molecule has 0 saturated heterocycles. The van der Waals surface area contributed by atoms with Crippen LogP contribution in [0.25, 0.3) is 0 Å². The average molecular weight is 408 g/mol. The average Bonchev–Trinajstić information content (AvgIpc) is 2.64. The Hall–Kier alpha value is -1.15. The third kappa shape index (κ3) is 19.9. The highest BCUT2D eigenvalue weighted by Gasteiger charge is 2.14. The van der Waals surface area contributed by atoms with Crippen molar-refractivity contribution in [1.82, 2.24) is 5.32 Å². The smallest absolute Gasteiger partial charge is 0.165 e. The molecule has 0 saturated carbocycles. The van der Waals surface area contributed by atoms with Crippen LogP contribution in [0.2, 0.25) is 0 Å². The van der Waals surface area contributed by atoms with Crippen molar-refractivity contribution >= 4 is 5.78 Å². The Labute approximate surface area is 184 Å². The van der Waals surface area contributed by atoms with Gasteiger partial charge in [-0.2, -0.15) is 0 Å². The van der Waals surface area contributed by atoms with Crippen molar-refractivity contribution < 1.29 is 4.79 Å². The Morgan fingerprint density at radius 2 is 1.52 bits per heavy atom. The molecule has 2 heteroatoms. The lowest BCUT2D eigenvalue weighted by Gasteiger charge is -2.25. The maximum absolute atomic E-state index is 12.0. The predicted octanol–water partition coefficient (Wildman–Crippen LogP) is 8.44. The second-order valence-electron chi connectivity index (χ2n) is 8.83. The number of hydrogen-bond acceptors (Lipinski definition) is 2. The molecule has 29 heavy (non-hydrogen) atoms. The quantitative estimate of drug-likeness (QED) is 0.275. The molecule has 0 aromatic heterocycles. The van der Waals surface area contributed by atoms with Crippen LogP contribution < -0.4 is 5.32 Å². The lowest BCUT2D eigenvalue weighted by Crippen LogP contribution is -2.39. The zero-order valence-corrected chi connectivity index (χ0v) is 21.8. The van der Waals surface area contributed by atoms with Crippen LogP contribution in [0.4, 0.5) is 0 Å². The number of carbonyl (C=O) groups excluding carboxylic acids is 1. The summed E-state index contributed by atoms with van der Waals surface area (Å²) in [4.78, 5) is 12.0. The van der Waals surface area contributed by atoms with E-state index in [1.807, 2.05) is 26.8 Å². The summed E-state index contributed by atoms with van der Waals surface area (Å²) in [6.07, 6.45) is 10.9. The normalized spacial score (nSPS) is 12.3. The first kappa shape index (κ1) is 32.5. The minimum Gasteiger partial charge on any atom is -0.312 e. The Kier molecular flexibility index (Phi) is 22.6. The summed E-state index contributed by atoms with van der Waals surface area (Å²) in [6, 6.07) is 0. The molecule has 2 nitrogen and oxygen atoms in total. The molecule has 0 atom stereocenters. The molecule has 0 radical (unpaired) electrons. The van der Waals surface area contributed by atoms with Gasteiger partial charge < -0.3 is 5.32 Å². The maximum Gasteiger partial charge on any atom is 0.165 e. The first-order valence-electron chi connectivity index (χ1n) is 11.8. The third-order valence-electron chi connectivity index (χ3n) is 4.28. The van der Waals surface area contributed by atoms with Gasteiger partial charge in [0.2, 0.25) is 0 Å². The molecule has 0 bridgehead atoms. The van der Waals surface area contributed by atoms with Crippen LogP contribution in [-0.2, 0) is 4.79 Å². The highest BCUT2D eigenvalue weighted by molar-refractivity contribution is 6.00. The molecule has 0 aliphatic rings. The number of hydrogen-bond donors (Lipinski definition) is 1. The number of allylic oxidation sites excluding steroid dienone is 5. The molecule has 0 aromatic carbocycles. The van der Waals surface area contributed by atoms with E-state index in [0.29, 0.717) is 5.54 Å². The lowest BCUT2D eigenvalue weighted by atomic mass is 9.94. The molecule has 0 fully saturated rings. The van der Waals surface area contributed by atoms with Crippen molar-refractivity contribution in [3.05, 3.63) is 35.5 Å². The van der Waals surface area contributed by atoms with Crippen molar-refractivity contribution in [2.24, 2.45) is 5.92 Å². The van der Waals surface area contributed by atoms with E-state index in [1.54, 1.807) is 6.08 Å². The molecule has 0 heterocycles. The Bertz CT molecular complexity index is 481. The third-order valence-corrected chi connectivity index (χ3v) is 4.28. The van der Waals surface area contributed by atoms with Gasteiger partial charge in [0.15, 0.2) is 5.78 Å². The monoisotopic (exact) mass is 407 g/mol. The van der Waals surface area contributed by atoms with Crippen LogP contribution in [0.1, 0.15) is 115 Å². The summed E-state index contributed by atoms with van der Waals surface area (Å²) in [5.41, 5.74) is 3.39. The topological polar surface area (TPSA) is 29.1 Å². The summed E-state index contributed by atoms with van der Waals surface area (Å²) in [6.45, 7) is 28.1. The van der Waals surface area contributed by atoms with Crippen LogP contribution in [0, 0.1) is 5.92 Å². The van der Waals surface area contributed by atoms with Gasteiger partial charge in [0, 0.05) is 17.0 Å². The van der Waals surface area contributed by atoms with Gasteiger partial charge in [-0.05, 0) is 59.1 Å². The molecule has 0 aromatic rings. The fraction of sp³-hybridized carbons (Fsp3) is 0.741. The largest absolute Gasteiger partial charge is 0.312 e. The van der Waals surface area contributed by atoms with Crippen LogP contribution >= 0.6 is 0 Å². The Morgan fingerprint density at radius 1 is 1.00 bits per heavy atom. The maximum atomic E-state index is 12.0. The summed E-state index contributed by atoms with van der Waals surface area (Å²) >= 11 is 0. The van der Waals surface area contributed by atoms with Crippen LogP contribution in [0.5, 0.6) is 0 Å². The number of Topliss-reactive ketones (excluding diaryl/α,β-unsaturated/α-hetero) is 1. The fourth-order valence-electron chi connectivity index (χ4n) is 2.69. The van der Waals surface area contributed by atoms with Gasteiger partial charge >= 0.3 is 0 Å². The van der Waals surface area contributed by atoms with E-state index >= 15 is 0 Å². The number of carbonyl (C=O) groups is 1. The van der Waals surface area contributed by atoms with Gasteiger partial charge in [0.05, 0.1) is 0 Å². The van der Waals surface area contributed by atoms with Gasteiger partial charge in [0.1, 0.15) is 0 Å². The molecule has 0 rings (SSSR count). The first-order valence-corrected chi connectivity index (χ1v) is 11.8. The van der Waals surface area contributed by atoms with Crippen molar-refractivity contribution in [1.29, 1.82) is 0 Å². The first-order chi connectivity index (χ1) is 13.5.